The van der Waals surface area contributed by atoms with E-state index in [1.54, 1.807) is 0 Å². The molecular formula is C9H5F2N3OS. The fraction of sp³-hybridized carbons (Fsp3) is 0. The van der Waals surface area contributed by atoms with Gasteiger partial charge in [0.1, 0.15) is 5.51 Å². The van der Waals surface area contributed by atoms with Crippen molar-refractivity contribution < 1.29 is 13.6 Å². The number of benzene rings is 1. The highest BCUT2D eigenvalue weighted by atomic mass is 32.1. The average Bonchev–Trinajstić information content (AvgIpc) is 2.74. The minimum Gasteiger partial charge on any atom is -0.296 e. The number of carbonyl (C=O) groups excluding carboxylic acids is 1. The maximum Gasteiger partial charge on any atom is 0.260 e. The van der Waals surface area contributed by atoms with E-state index in [-0.39, 0.29) is 10.7 Å². The molecule has 0 aliphatic heterocycles. The van der Waals surface area contributed by atoms with Crippen molar-refractivity contribution in [1.82, 2.24) is 10.2 Å². The second kappa shape index (κ2) is 4.31. The van der Waals surface area contributed by atoms with Crippen molar-refractivity contribution in [2.75, 3.05) is 5.32 Å². The first-order valence-electron chi connectivity index (χ1n) is 4.20. The van der Waals surface area contributed by atoms with E-state index in [1.165, 1.54) is 17.6 Å². The summed E-state index contributed by atoms with van der Waals surface area (Å²) in [5.74, 6) is -3.00. The fourth-order valence-corrected chi connectivity index (χ4v) is 1.51. The third kappa shape index (κ3) is 2.03. The van der Waals surface area contributed by atoms with Crippen molar-refractivity contribution in [1.29, 1.82) is 0 Å². The van der Waals surface area contributed by atoms with Crippen LogP contribution in [0.5, 0.6) is 0 Å². The molecule has 4 nitrogen and oxygen atoms in total. The number of aromatic nitrogens is 2. The number of hydrogen-bond donors (Lipinski definition) is 1. The number of amides is 1. The van der Waals surface area contributed by atoms with Crippen LogP contribution >= 0.6 is 11.3 Å². The lowest BCUT2D eigenvalue weighted by Crippen LogP contribution is -2.14. The maximum atomic E-state index is 13.2. The summed E-state index contributed by atoms with van der Waals surface area (Å²) in [7, 11) is 0. The van der Waals surface area contributed by atoms with Gasteiger partial charge < -0.3 is 0 Å². The van der Waals surface area contributed by atoms with Gasteiger partial charge in [0, 0.05) is 0 Å². The number of carbonyl (C=O) groups is 1. The number of hydrogen-bond acceptors (Lipinski definition) is 4. The minimum atomic E-state index is -1.18. The van der Waals surface area contributed by atoms with Gasteiger partial charge >= 0.3 is 0 Å². The number of rotatable bonds is 2. The lowest BCUT2D eigenvalue weighted by molar-refractivity contribution is 0.102. The molecule has 0 saturated heterocycles. The smallest absolute Gasteiger partial charge is 0.260 e. The van der Waals surface area contributed by atoms with E-state index in [1.807, 2.05) is 0 Å². The molecule has 0 spiro atoms. The highest BCUT2D eigenvalue weighted by molar-refractivity contribution is 7.13. The largest absolute Gasteiger partial charge is 0.296 e. The van der Waals surface area contributed by atoms with Gasteiger partial charge in [-0.2, -0.15) is 0 Å². The third-order valence-electron chi connectivity index (χ3n) is 1.78. The molecule has 1 amide bonds. The molecule has 0 unspecified atom stereocenters. The van der Waals surface area contributed by atoms with Crippen LogP contribution < -0.4 is 5.32 Å². The van der Waals surface area contributed by atoms with E-state index in [0.29, 0.717) is 0 Å². The van der Waals surface area contributed by atoms with Crippen molar-refractivity contribution in [2.45, 2.75) is 0 Å². The average molecular weight is 241 g/mol. The van der Waals surface area contributed by atoms with Gasteiger partial charge in [-0.25, -0.2) is 8.78 Å². The summed E-state index contributed by atoms with van der Waals surface area (Å²) in [6.45, 7) is 0. The SMILES string of the molecule is O=C(Nc1nncs1)c1cccc(F)c1F. The fourth-order valence-electron chi connectivity index (χ4n) is 1.07. The van der Waals surface area contributed by atoms with Crippen LogP contribution in [0, 0.1) is 11.6 Å². The van der Waals surface area contributed by atoms with Gasteiger partial charge in [0.15, 0.2) is 11.6 Å². The molecule has 1 aromatic carbocycles. The molecule has 1 N–H and O–H groups in total. The van der Waals surface area contributed by atoms with Gasteiger partial charge in [-0.1, -0.05) is 17.4 Å². The van der Waals surface area contributed by atoms with E-state index < -0.39 is 17.5 Å². The van der Waals surface area contributed by atoms with E-state index in [2.05, 4.69) is 15.5 Å². The quantitative estimate of drug-likeness (QED) is 0.875. The number of anilines is 1. The second-order valence-electron chi connectivity index (χ2n) is 2.80. The van der Waals surface area contributed by atoms with Crippen LogP contribution in [0.25, 0.3) is 0 Å². The summed E-state index contributed by atoms with van der Waals surface area (Å²) in [5, 5.41) is 9.58. The van der Waals surface area contributed by atoms with Crippen LogP contribution in [0.3, 0.4) is 0 Å². The highest BCUT2D eigenvalue weighted by Gasteiger charge is 2.15. The molecule has 0 aliphatic rings. The van der Waals surface area contributed by atoms with Crippen molar-refractivity contribution in [3.63, 3.8) is 0 Å². The van der Waals surface area contributed by atoms with Crippen LogP contribution in [-0.4, -0.2) is 16.1 Å². The molecule has 7 heteroatoms. The normalized spacial score (nSPS) is 10.1. The van der Waals surface area contributed by atoms with Crippen LogP contribution in [0.4, 0.5) is 13.9 Å². The van der Waals surface area contributed by atoms with Crippen molar-refractivity contribution >= 4 is 22.4 Å². The van der Waals surface area contributed by atoms with Gasteiger partial charge in [-0.15, -0.1) is 10.2 Å². The summed E-state index contributed by atoms with van der Waals surface area (Å²) in [6.07, 6.45) is 0. The molecule has 1 aromatic heterocycles. The van der Waals surface area contributed by atoms with E-state index in [0.717, 1.165) is 17.4 Å². The molecule has 0 atom stereocenters. The number of nitrogens with zero attached hydrogens (tertiary/aromatic N) is 2. The number of nitrogens with one attached hydrogen (secondary N) is 1. The Balaban J connectivity index is 2.24. The molecule has 82 valence electrons. The molecule has 0 aliphatic carbocycles. The topological polar surface area (TPSA) is 54.9 Å². The Morgan fingerprint density at radius 3 is 2.88 bits per heavy atom. The molecule has 2 aromatic rings. The minimum absolute atomic E-state index is 0.230. The Labute approximate surface area is 92.9 Å². The third-order valence-corrected chi connectivity index (χ3v) is 2.38. The molecule has 1 heterocycles. The van der Waals surface area contributed by atoms with Crippen LogP contribution in [0.15, 0.2) is 23.7 Å². The first kappa shape index (κ1) is 10.6. The van der Waals surface area contributed by atoms with Gasteiger partial charge in [0.25, 0.3) is 5.91 Å². The monoisotopic (exact) mass is 241 g/mol. The second-order valence-corrected chi connectivity index (χ2v) is 3.63. The highest BCUT2D eigenvalue weighted by Crippen LogP contribution is 2.14. The van der Waals surface area contributed by atoms with Crippen LogP contribution in [-0.2, 0) is 0 Å². The van der Waals surface area contributed by atoms with Gasteiger partial charge in [0.2, 0.25) is 5.13 Å². The maximum absolute atomic E-state index is 13.2. The zero-order valence-electron chi connectivity index (χ0n) is 7.78. The molecule has 0 bridgehead atoms. The van der Waals surface area contributed by atoms with Crippen LogP contribution in [0.2, 0.25) is 0 Å². The van der Waals surface area contributed by atoms with Gasteiger partial charge in [-0.05, 0) is 12.1 Å². The lowest BCUT2D eigenvalue weighted by Gasteiger charge is -2.02. The standard InChI is InChI=1S/C9H5F2N3OS/c10-6-3-1-2-5(7(6)11)8(15)13-9-14-12-4-16-9/h1-4H,(H,13,14,15). The van der Waals surface area contributed by atoms with E-state index in [4.69, 9.17) is 0 Å². The zero-order valence-corrected chi connectivity index (χ0v) is 8.59. The van der Waals surface area contributed by atoms with Crippen molar-refractivity contribution in [3.8, 4) is 0 Å². The summed E-state index contributed by atoms with van der Waals surface area (Å²) in [6, 6.07) is 3.39. The zero-order chi connectivity index (χ0) is 11.5. The van der Waals surface area contributed by atoms with Gasteiger partial charge in [-0.3, -0.25) is 10.1 Å². The Morgan fingerprint density at radius 2 is 2.19 bits per heavy atom. The first-order valence-corrected chi connectivity index (χ1v) is 5.08. The van der Waals surface area contributed by atoms with Crippen LogP contribution in [0.1, 0.15) is 10.4 Å². The molecule has 0 radical (unpaired) electrons. The predicted molar refractivity (Wildman–Crippen MR) is 54.2 cm³/mol. The lowest BCUT2D eigenvalue weighted by atomic mass is 10.2. The Hall–Kier alpha value is -1.89. The van der Waals surface area contributed by atoms with Crippen molar-refractivity contribution in [2.24, 2.45) is 0 Å². The molecule has 0 fully saturated rings. The van der Waals surface area contributed by atoms with E-state index >= 15 is 0 Å². The summed E-state index contributed by atoms with van der Waals surface area (Å²) in [4.78, 5) is 11.5. The summed E-state index contributed by atoms with van der Waals surface area (Å²) >= 11 is 1.09. The summed E-state index contributed by atoms with van der Waals surface area (Å²) in [5.41, 5.74) is 1.05. The Bertz CT molecular complexity index is 515. The Kier molecular flexibility index (Phi) is 2.86. The summed E-state index contributed by atoms with van der Waals surface area (Å²) < 4.78 is 26.1. The molecule has 16 heavy (non-hydrogen) atoms. The molecule has 0 saturated carbocycles. The number of halogens is 2. The predicted octanol–water partition coefficient (Wildman–Crippen LogP) is 2.07. The van der Waals surface area contributed by atoms with E-state index in [9.17, 15) is 13.6 Å². The molecular weight excluding hydrogens is 236 g/mol. The Morgan fingerprint density at radius 1 is 1.38 bits per heavy atom. The van der Waals surface area contributed by atoms with Gasteiger partial charge in [0.05, 0.1) is 5.56 Å². The van der Waals surface area contributed by atoms with Crippen molar-refractivity contribution in [3.05, 3.63) is 40.9 Å². The first-order chi connectivity index (χ1) is 7.68. The molecule has 2 rings (SSSR count).